The van der Waals surface area contributed by atoms with Crippen LogP contribution in [0.1, 0.15) is 16.2 Å². The predicted molar refractivity (Wildman–Crippen MR) is 44.0 cm³/mol. The van der Waals surface area contributed by atoms with Crippen molar-refractivity contribution in [1.82, 2.24) is 9.78 Å². The molecule has 0 aromatic carbocycles. The lowest BCUT2D eigenvalue weighted by molar-refractivity contribution is -0.140. The molecule has 0 saturated heterocycles. The molecule has 0 aliphatic rings. The number of esters is 1. The summed E-state index contributed by atoms with van der Waals surface area (Å²) in [5.74, 6) is -0.960. The molecular weight excluding hydrogens is 215 g/mol. The molecule has 0 aliphatic carbocycles. The van der Waals surface area contributed by atoms with E-state index >= 15 is 0 Å². The molecule has 0 atom stereocenters. The van der Waals surface area contributed by atoms with E-state index in [-0.39, 0.29) is 0 Å². The number of carbonyl (C=O) groups excluding carboxylic acids is 1. The zero-order valence-electron chi connectivity index (χ0n) is 7.92. The van der Waals surface area contributed by atoms with Gasteiger partial charge in [-0.3, -0.25) is 4.68 Å². The number of aromatic nitrogens is 2. The monoisotopic (exact) mass is 223 g/mol. The minimum Gasteiger partial charge on any atom is -0.464 e. The number of ether oxygens (including phenoxy) is 1. The maximum Gasteiger partial charge on any atom is 0.437 e. The van der Waals surface area contributed by atoms with Crippen molar-refractivity contribution in [3.63, 3.8) is 0 Å². The molecule has 0 amide bonds. The Morgan fingerprint density at radius 2 is 2.07 bits per heavy atom. The molecule has 2 N–H and O–H groups in total. The lowest BCUT2D eigenvalue weighted by atomic mass is 10.3. The first-order valence-corrected chi connectivity index (χ1v) is 3.77. The summed E-state index contributed by atoms with van der Waals surface area (Å²) >= 11 is 0. The number of carbonyl (C=O) groups is 1. The third-order valence-corrected chi connectivity index (χ3v) is 1.73. The molecule has 1 heterocycles. The highest BCUT2D eigenvalue weighted by molar-refractivity contribution is 5.93. The van der Waals surface area contributed by atoms with Gasteiger partial charge in [-0.2, -0.15) is 18.3 Å². The van der Waals surface area contributed by atoms with Crippen molar-refractivity contribution in [3.05, 3.63) is 11.4 Å². The third kappa shape index (κ3) is 1.88. The van der Waals surface area contributed by atoms with Crippen molar-refractivity contribution in [1.29, 1.82) is 0 Å². The zero-order valence-corrected chi connectivity index (χ0v) is 7.92. The number of nitrogens with zero attached hydrogens (tertiary/aromatic N) is 2. The van der Waals surface area contributed by atoms with Gasteiger partial charge in [-0.05, 0) is 0 Å². The van der Waals surface area contributed by atoms with E-state index < -0.39 is 29.2 Å². The van der Waals surface area contributed by atoms with Gasteiger partial charge in [0.1, 0.15) is 0 Å². The van der Waals surface area contributed by atoms with Crippen LogP contribution >= 0.6 is 0 Å². The van der Waals surface area contributed by atoms with Crippen molar-refractivity contribution in [2.45, 2.75) is 6.18 Å². The molecule has 1 aromatic rings. The van der Waals surface area contributed by atoms with E-state index in [9.17, 15) is 18.0 Å². The second-order valence-corrected chi connectivity index (χ2v) is 2.72. The van der Waals surface area contributed by atoms with Crippen molar-refractivity contribution >= 4 is 11.7 Å². The largest absolute Gasteiger partial charge is 0.464 e. The number of anilines is 1. The molecule has 0 spiro atoms. The van der Waals surface area contributed by atoms with Crippen LogP contribution in [0.5, 0.6) is 0 Å². The summed E-state index contributed by atoms with van der Waals surface area (Å²) in [4.78, 5) is 11.1. The maximum atomic E-state index is 12.3. The standard InChI is InChI=1S/C7H8F3N3O2/c1-13-4(6(14)15-2)3(11)5(12-13)7(8,9)10/h11H2,1-2H3. The van der Waals surface area contributed by atoms with Crippen LogP contribution in [-0.4, -0.2) is 22.9 Å². The predicted octanol–water partition coefficient (Wildman–Crippen LogP) is 0.808. The molecule has 0 aliphatic heterocycles. The first-order valence-electron chi connectivity index (χ1n) is 3.77. The Kier molecular flexibility index (Phi) is 2.61. The molecule has 5 nitrogen and oxygen atoms in total. The fourth-order valence-electron chi connectivity index (χ4n) is 1.09. The Labute approximate surface area is 82.6 Å². The van der Waals surface area contributed by atoms with Gasteiger partial charge >= 0.3 is 12.1 Å². The average Bonchev–Trinajstić information content (AvgIpc) is 2.40. The average molecular weight is 223 g/mol. The molecule has 0 bridgehead atoms. The molecule has 0 radical (unpaired) electrons. The van der Waals surface area contributed by atoms with Gasteiger partial charge in [-0.15, -0.1) is 0 Å². The summed E-state index contributed by atoms with van der Waals surface area (Å²) in [6.45, 7) is 0. The smallest absolute Gasteiger partial charge is 0.437 e. The number of hydrogen-bond acceptors (Lipinski definition) is 4. The number of nitrogens with two attached hydrogens (primary N) is 1. The Balaban J connectivity index is 3.33. The summed E-state index contributed by atoms with van der Waals surface area (Å²) in [6, 6.07) is 0. The highest BCUT2D eigenvalue weighted by atomic mass is 19.4. The molecule has 0 saturated carbocycles. The second kappa shape index (κ2) is 3.44. The third-order valence-electron chi connectivity index (χ3n) is 1.73. The summed E-state index contributed by atoms with van der Waals surface area (Å²) in [6.07, 6.45) is -4.69. The van der Waals surface area contributed by atoms with Gasteiger partial charge in [0, 0.05) is 7.05 Å². The van der Waals surface area contributed by atoms with Gasteiger partial charge in [0.05, 0.1) is 12.8 Å². The van der Waals surface area contributed by atoms with E-state index in [4.69, 9.17) is 5.73 Å². The van der Waals surface area contributed by atoms with Crippen LogP contribution < -0.4 is 5.73 Å². The van der Waals surface area contributed by atoms with Gasteiger partial charge in [0.25, 0.3) is 0 Å². The van der Waals surface area contributed by atoms with Gasteiger partial charge < -0.3 is 10.5 Å². The highest BCUT2D eigenvalue weighted by Gasteiger charge is 2.39. The van der Waals surface area contributed by atoms with Crippen molar-refractivity contribution in [3.8, 4) is 0 Å². The Morgan fingerprint density at radius 1 is 1.53 bits per heavy atom. The quantitative estimate of drug-likeness (QED) is 0.715. The number of aryl methyl sites for hydroxylation is 1. The minimum atomic E-state index is -4.69. The van der Waals surface area contributed by atoms with Crippen molar-refractivity contribution < 1.29 is 22.7 Å². The normalized spacial score (nSPS) is 11.5. The van der Waals surface area contributed by atoms with Crippen LogP contribution in [0.4, 0.5) is 18.9 Å². The van der Waals surface area contributed by atoms with Crippen LogP contribution in [0.3, 0.4) is 0 Å². The molecule has 0 unspecified atom stereocenters. The summed E-state index contributed by atoms with van der Waals surface area (Å²) in [7, 11) is 2.22. The molecule has 8 heteroatoms. The Bertz CT molecular complexity index is 397. The minimum absolute atomic E-state index is 0.412. The van der Waals surface area contributed by atoms with Gasteiger partial charge in [-0.1, -0.05) is 0 Å². The molecule has 1 rings (SSSR count). The second-order valence-electron chi connectivity index (χ2n) is 2.72. The van der Waals surface area contributed by atoms with E-state index in [0.29, 0.717) is 0 Å². The number of halogens is 3. The van der Waals surface area contributed by atoms with Crippen molar-refractivity contribution in [2.24, 2.45) is 7.05 Å². The zero-order chi connectivity index (χ0) is 11.8. The highest BCUT2D eigenvalue weighted by Crippen LogP contribution is 2.33. The number of rotatable bonds is 1. The van der Waals surface area contributed by atoms with Gasteiger partial charge in [0.15, 0.2) is 11.4 Å². The molecule has 1 aromatic heterocycles. The van der Waals surface area contributed by atoms with Crippen LogP contribution in [-0.2, 0) is 18.0 Å². The fourth-order valence-corrected chi connectivity index (χ4v) is 1.09. The molecular formula is C7H8F3N3O2. The van der Waals surface area contributed by atoms with E-state index in [2.05, 4.69) is 9.84 Å². The Hall–Kier alpha value is -1.73. The molecule has 15 heavy (non-hydrogen) atoms. The maximum absolute atomic E-state index is 12.3. The molecule has 84 valence electrons. The van der Waals surface area contributed by atoms with E-state index in [0.717, 1.165) is 11.8 Å². The number of hydrogen-bond donors (Lipinski definition) is 1. The Morgan fingerprint density at radius 3 is 2.40 bits per heavy atom. The fraction of sp³-hybridized carbons (Fsp3) is 0.429. The topological polar surface area (TPSA) is 70.1 Å². The van der Waals surface area contributed by atoms with E-state index in [1.165, 1.54) is 7.05 Å². The number of alkyl halides is 3. The van der Waals surface area contributed by atoms with Gasteiger partial charge in [0.2, 0.25) is 0 Å². The summed E-state index contributed by atoms with van der Waals surface area (Å²) in [5, 5.41) is 3.12. The van der Waals surface area contributed by atoms with Gasteiger partial charge in [-0.25, -0.2) is 4.79 Å². The number of methoxy groups -OCH3 is 1. The lowest BCUT2D eigenvalue weighted by Gasteiger charge is -2.02. The summed E-state index contributed by atoms with van der Waals surface area (Å²) < 4.78 is 41.9. The first-order chi connectivity index (χ1) is 6.79. The molecule has 0 fully saturated rings. The SMILES string of the molecule is COC(=O)c1c(N)c(C(F)(F)F)nn1C. The van der Waals surface area contributed by atoms with Crippen molar-refractivity contribution in [2.75, 3.05) is 12.8 Å². The van der Waals surface area contributed by atoms with Crippen LogP contribution in [0, 0.1) is 0 Å². The number of nitrogen functional groups attached to an aromatic ring is 1. The van der Waals surface area contributed by atoms with Crippen LogP contribution in [0.25, 0.3) is 0 Å². The lowest BCUT2D eigenvalue weighted by Crippen LogP contribution is -2.11. The van der Waals surface area contributed by atoms with Crippen LogP contribution in [0.2, 0.25) is 0 Å². The van der Waals surface area contributed by atoms with Crippen LogP contribution in [0.15, 0.2) is 0 Å². The first kappa shape index (κ1) is 11.3. The summed E-state index contributed by atoms with van der Waals surface area (Å²) in [5.41, 5.74) is 2.74. The van der Waals surface area contributed by atoms with E-state index in [1.54, 1.807) is 0 Å². The van der Waals surface area contributed by atoms with E-state index in [1.807, 2.05) is 0 Å².